The van der Waals surface area contributed by atoms with Gasteiger partial charge in [0.1, 0.15) is 0 Å². The number of fused-ring (bicyclic) bond motifs is 2. The molecule has 3 rings (SSSR count). The number of carbonyl (C=O) groups is 1. The van der Waals surface area contributed by atoms with E-state index >= 15 is 0 Å². The zero-order valence-corrected chi connectivity index (χ0v) is 14.3. The highest BCUT2D eigenvalue weighted by Crippen LogP contribution is 2.39. The van der Waals surface area contributed by atoms with Crippen molar-refractivity contribution in [3.05, 3.63) is 34.9 Å². The summed E-state index contributed by atoms with van der Waals surface area (Å²) in [4.78, 5) is 12.6. The maximum Gasteiger partial charge on any atom is 0.251 e. The molecule has 2 atom stereocenters. The monoisotopic (exact) mass is 322 g/mol. The lowest BCUT2D eigenvalue weighted by atomic mass is 9.67. The first-order valence-corrected chi connectivity index (χ1v) is 8.18. The predicted octanol–water partition coefficient (Wildman–Crippen LogP) is 3.36. The lowest BCUT2D eigenvalue weighted by molar-refractivity contribution is 0.0755. The van der Waals surface area contributed by atoms with Crippen LogP contribution in [0.1, 0.15) is 53.6 Å². The van der Waals surface area contributed by atoms with E-state index in [-0.39, 0.29) is 18.3 Å². The smallest absolute Gasteiger partial charge is 0.251 e. The van der Waals surface area contributed by atoms with Gasteiger partial charge in [-0.05, 0) is 63.0 Å². The molecule has 2 unspecified atom stereocenters. The number of amides is 1. The molecule has 0 spiro atoms. The predicted molar refractivity (Wildman–Crippen MR) is 92.5 cm³/mol. The highest BCUT2D eigenvalue weighted by molar-refractivity contribution is 5.95. The van der Waals surface area contributed by atoms with Gasteiger partial charge in [0, 0.05) is 17.6 Å². The van der Waals surface area contributed by atoms with E-state index in [9.17, 15) is 4.79 Å². The number of nitrogens with two attached hydrogens (primary N) is 1. The Balaban J connectivity index is 0.00000176. The van der Waals surface area contributed by atoms with Gasteiger partial charge in [-0.25, -0.2) is 0 Å². The second-order valence-corrected chi connectivity index (χ2v) is 7.00. The molecule has 4 heteroatoms. The Hall–Kier alpha value is -1.06. The molecule has 0 aromatic heterocycles. The van der Waals surface area contributed by atoms with Crippen LogP contribution in [0.25, 0.3) is 0 Å². The van der Waals surface area contributed by atoms with Crippen LogP contribution in [0.5, 0.6) is 0 Å². The van der Waals surface area contributed by atoms with Crippen LogP contribution in [0.4, 0.5) is 0 Å². The molecule has 2 aliphatic carbocycles. The second-order valence-electron chi connectivity index (χ2n) is 7.00. The van der Waals surface area contributed by atoms with E-state index in [1.807, 2.05) is 19.1 Å². The number of aryl methyl sites for hydroxylation is 2. The summed E-state index contributed by atoms with van der Waals surface area (Å²) in [5, 5.41) is 3.32. The van der Waals surface area contributed by atoms with Crippen molar-refractivity contribution in [1.82, 2.24) is 5.32 Å². The fourth-order valence-corrected chi connectivity index (χ4v) is 4.32. The van der Waals surface area contributed by atoms with Crippen LogP contribution in [0.15, 0.2) is 18.2 Å². The topological polar surface area (TPSA) is 55.1 Å². The van der Waals surface area contributed by atoms with Gasteiger partial charge < -0.3 is 11.1 Å². The number of rotatable bonds is 2. The third-order valence-electron chi connectivity index (χ3n) is 5.30. The molecule has 2 aliphatic rings. The third kappa shape index (κ3) is 3.47. The first-order chi connectivity index (χ1) is 10.0. The minimum absolute atomic E-state index is 0. The van der Waals surface area contributed by atoms with Crippen molar-refractivity contribution in [3.8, 4) is 0 Å². The minimum Gasteiger partial charge on any atom is -0.349 e. The highest BCUT2D eigenvalue weighted by Gasteiger charge is 2.40. The van der Waals surface area contributed by atoms with Crippen LogP contribution in [0, 0.1) is 25.7 Å². The molecule has 22 heavy (non-hydrogen) atoms. The Labute approximate surface area is 139 Å². The van der Waals surface area contributed by atoms with Gasteiger partial charge in [-0.3, -0.25) is 4.79 Å². The molecule has 1 amide bonds. The molecule has 3 nitrogen and oxygen atoms in total. The van der Waals surface area contributed by atoms with Gasteiger partial charge in [0.2, 0.25) is 0 Å². The SMILES string of the molecule is Cc1ccc(C(=O)NC2C3CCCC2CC(N)C3)c(C)c1.Cl. The van der Waals surface area contributed by atoms with E-state index in [0.717, 1.165) is 24.0 Å². The second kappa shape index (κ2) is 7.01. The largest absolute Gasteiger partial charge is 0.349 e. The summed E-state index contributed by atoms with van der Waals surface area (Å²) in [5.41, 5.74) is 9.23. The molecular weight excluding hydrogens is 296 g/mol. The lowest BCUT2D eigenvalue weighted by Gasteiger charge is -2.45. The molecule has 1 aromatic carbocycles. The van der Waals surface area contributed by atoms with Gasteiger partial charge >= 0.3 is 0 Å². The third-order valence-corrected chi connectivity index (χ3v) is 5.30. The molecule has 2 fully saturated rings. The highest BCUT2D eigenvalue weighted by atomic mass is 35.5. The average molecular weight is 323 g/mol. The Morgan fingerprint density at radius 2 is 1.82 bits per heavy atom. The lowest BCUT2D eigenvalue weighted by Crippen LogP contribution is -2.53. The van der Waals surface area contributed by atoms with Gasteiger partial charge in [0.25, 0.3) is 5.91 Å². The quantitative estimate of drug-likeness (QED) is 0.877. The molecule has 122 valence electrons. The first kappa shape index (κ1) is 17.3. The molecular formula is C18H27ClN2O. The van der Waals surface area contributed by atoms with Gasteiger partial charge in [-0.2, -0.15) is 0 Å². The first-order valence-electron chi connectivity index (χ1n) is 8.18. The van der Waals surface area contributed by atoms with Crippen molar-refractivity contribution in [1.29, 1.82) is 0 Å². The van der Waals surface area contributed by atoms with E-state index in [1.165, 1.54) is 24.8 Å². The standard InChI is InChI=1S/C18H26N2O.ClH/c1-11-6-7-16(12(2)8-11)18(21)20-17-13-4-3-5-14(17)10-15(19)9-13;/h6-8,13-15,17H,3-5,9-10,19H2,1-2H3,(H,20,21);1H. The van der Waals surface area contributed by atoms with Crippen molar-refractivity contribution in [2.24, 2.45) is 17.6 Å². The van der Waals surface area contributed by atoms with Crippen molar-refractivity contribution < 1.29 is 4.79 Å². The zero-order chi connectivity index (χ0) is 15.0. The number of hydrogen-bond donors (Lipinski definition) is 2. The van der Waals surface area contributed by atoms with Crippen molar-refractivity contribution in [2.75, 3.05) is 0 Å². The van der Waals surface area contributed by atoms with E-state index in [2.05, 4.69) is 18.3 Å². The van der Waals surface area contributed by atoms with Crippen LogP contribution in [0.3, 0.4) is 0 Å². The Morgan fingerprint density at radius 3 is 2.41 bits per heavy atom. The van der Waals surface area contributed by atoms with Crippen LogP contribution >= 0.6 is 12.4 Å². The zero-order valence-electron chi connectivity index (χ0n) is 13.5. The van der Waals surface area contributed by atoms with Crippen LogP contribution in [-0.2, 0) is 0 Å². The Kier molecular flexibility index (Phi) is 5.51. The maximum atomic E-state index is 12.6. The van der Waals surface area contributed by atoms with Crippen molar-refractivity contribution >= 4 is 18.3 Å². The molecule has 0 saturated heterocycles. The van der Waals surface area contributed by atoms with Crippen molar-refractivity contribution in [3.63, 3.8) is 0 Å². The maximum absolute atomic E-state index is 12.6. The molecule has 0 radical (unpaired) electrons. The summed E-state index contributed by atoms with van der Waals surface area (Å²) < 4.78 is 0. The number of nitrogens with one attached hydrogen (secondary N) is 1. The number of benzene rings is 1. The summed E-state index contributed by atoms with van der Waals surface area (Å²) in [6.07, 6.45) is 5.84. The molecule has 0 heterocycles. The minimum atomic E-state index is 0. The summed E-state index contributed by atoms with van der Waals surface area (Å²) >= 11 is 0. The summed E-state index contributed by atoms with van der Waals surface area (Å²) in [6.45, 7) is 4.07. The Bertz CT molecular complexity index is 532. The number of carbonyl (C=O) groups excluding carboxylic acids is 1. The summed E-state index contributed by atoms with van der Waals surface area (Å²) in [7, 11) is 0. The van der Waals surface area contributed by atoms with Crippen LogP contribution < -0.4 is 11.1 Å². The molecule has 1 aromatic rings. The van der Waals surface area contributed by atoms with Gasteiger partial charge in [0.05, 0.1) is 0 Å². The van der Waals surface area contributed by atoms with Gasteiger partial charge in [-0.15, -0.1) is 12.4 Å². The summed E-state index contributed by atoms with van der Waals surface area (Å²) in [6, 6.07) is 6.69. The van der Waals surface area contributed by atoms with E-state index in [4.69, 9.17) is 5.73 Å². The molecule has 2 bridgehead atoms. The van der Waals surface area contributed by atoms with Crippen LogP contribution in [-0.4, -0.2) is 18.0 Å². The average Bonchev–Trinajstić information content (AvgIpc) is 2.39. The van der Waals surface area contributed by atoms with Crippen LogP contribution in [0.2, 0.25) is 0 Å². The molecule has 3 N–H and O–H groups in total. The van der Waals surface area contributed by atoms with E-state index in [0.29, 0.717) is 23.9 Å². The van der Waals surface area contributed by atoms with Gasteiger partial charge in [-0.1, -0.05) is 24.1 Å². The van der Waals surface area contributed by atoms with Crippen molar-refractivity contribution in [2.45, 2.75) is 58.0 Å². The van der Waals surface area contributed by atoms with E-state index in [1.54, 1.807) is 0 Å². The molecule has 2 saturated carbocycles. The van der Waals surface area contributed by atoms with E-state index < -0.39 is 0 Å². The fraction of sp³-hybridized carbons (Fsp3) is 0.611. The summed E-state index contributed by atoms with van der Waals surface area (Å²) in [5.74, 6) is 1.23. The normalized spacial score (nSPS) is 30.3. The Morgan fingerprint density at radius 1 is 1.18 bits per heavy atom. The van der Waals surface area contributed by atoms with Gasteiger partial charge in [0.15, 0.2) is 0 Å². The fourth-order valence-electron chi connectivity index (χ4n) is 4.32. The molecule has 0 aliphatic heterocycles. The number of hydrogen-bond acceptors (Lipinski definition) is 2. The number of halogens is 1.